The Morgan fingerprint density at radius 3 is 2.88 bits per heavy atom. The Kier molecular flexibility index (Phi) is 4.76. The third-order valence-electron chi connectivity index (χ3n) is 5.28. The number of nitrogen functional groups attached to an aromatic ring is 1. The number of anilines is 2. The predicted octanol–water partition coefficient (Wildman–Crippen LogP) is -0.353. The number of likely N-dealkylation sites (N-methyl/N-ethyl adjacent to an activating group) is 1. The number of nitrogens with two attached hydrogens (primary N) is 1. The van der Waals surface area contributed by atoms with E-state index in [0.29, 0.717) is 37.7 Å². The Hall–Kier alpha value is -2.42. The van der Waals surface area contributed by atoms with Crippen molar-refractivity contribution < 1.29 is 14.7 Å². The van der Waals surface area contributed by atoms with Crippen LogP contribution in [-0.2, 0) is 9.59 Å². The van der Waals surface area contributed by atoms with Gasteiger partial charge in [0.15, 0.2) is 0 Å². The summed E-state index contributed by atoms with van der Waals surface area (Å²) in [5.74, 6) is -0.0341. The Morgan fingerprint density at radius 2 is 2.16 bits per heavy atom. The van der Waals surface area contributed by atoms with Gasteiger partial charge in [-0.2, -0.15) is 4.98 Å². The van der Waals surface area contributed by atoms with Gasteiger partial charge in [-0.05, 0) is 26.0 Å². The first-order valence-corrected chi connectivity index (χ1v) is 8.44. The molecule has 1 spiro atoms. The summed E-state index contributed by atoms with van der Waals surface area (Å²) < 4.78 is 0. The lowest BCUT2D eigenvalue weighted by Gasteiger charge is -2.49. The molecule has 1 atom stereocenters. The van der Waals surface area contributed by atoms with Gasteiger partial charge in [0.1, 0.15) is 12.4 Å². The molecule has 1 amide bonds. The summed E-state index contributed by atoms with van der Waals surface area (Å²) in [7, 11) is 2.06. The largest absolute Gasteiger partial charge is 0.480 e. The molecule has 0 saturated carbocycles. The van der Waals surface area contributed by atoms with Crippen molar-refractivity contribution in [2.45, 2.75) is 24.8 Å². The van der Waals surface area contributed by atoms with Crippen LogP contribution in [0.25, 0.3) is 0 Å². The molecule has 25 heavy (non-hydrogen) atoms. The smallest absolute Gasteiger partial charge is 0.323 e. The van der Waals surface area contributed by atoms with Gasteiger partial charge in [0.25, 0.3) is 0 Å². The molecule has 0 bridgehead atoms. The van der Waals surface area contributed by atoms with Crippen molar-refractivity contribution >= 4 is 23.6 Å². The van der Waals surface area contributed by atoms with Gasteiger partial charge in [-0.25, -0.2) is 4.98 Å². The molecule has 9 heteroatoms. The van der Waals surface area contributed by atoms with Crippen molar-refractivity contribution in [2.24, 2.45) is 0 Å². The van der Waals surface area contributed by atoms with E-state index in [1.165, 1.54) is 4.90 Å². The number of aliphatic carboxylic acids is 1. The molecule has 136 valence electrons. The molecule has 2 aliphatic rings. The van der Waals surface area contributed by atoms with E-state index in [2.05, 4.69) is 26.8 Å². The van der Waals surface area contributed by atoms with E-state index < -0.39 is 5.97 Å². The van der Waals surface area contributed by atoms with Gasteiger partial charge < -0.3 is 20.6 Å². The molecule has 3 heterocycles. The third-order valence-corrected chi connectivity index (χ3v) is 5.28. The number of amides is 1. The van der Waals surface area contributed by atoms with E-state index in [-0.39, 0.29) is 18.0 Å². The summed E-state index contributed by atoms with van der Waals surface area (Å²) in [4.78, 5) is 37.7. The Morgan fingerprint density at radius 1 is 1.36 bits per heavy atom. The molecule has 0 aliphatic carbocycles. The summed E-state index contributed by atoms with van der Waals surface area (Å²) in [6, 6.07) is 1.66. The summed E-state index contributed by atoms with van der Waals surface area (Å²) in [6.07, 6.45) is 3.41. The summed E-state index contributed by atoms with van der Waals surface area (Å²) in [5, 5.41) is 9.00. The van der Waals surface area contributed by atoms with Crippen molar-refractivity contribution in [2.75, 3.05) is 50.4 Å². The maximum Gasteiger partial charge on any atom is 0.323 e. The fourth-order valence-corrected chi connectivity index (χ4v) is 3.71. The fourth-order valence-electron chi connectivity index (χ4n) is 3.71. The number of hydrogen-bond donors (Lipinski definition) is 2. The van der Waals surface area contributed by atoms with Crippen molar-refractivity contribution in [3.63, 3.8) is 0 Å². The molecule has 1 aromatic rings. The highest BCUT2D eigenvalue weighted by atomic mass is 16.4. The number of aromatic nitrogens is 2. The second kappa shape index (κ2) is 6.83. The van der Waals surface area contributed by atoms with Crippen LogP contribution >= 0.6 is 0 Å². The van der Waals surface area contributed by atoms with Gasteiger partial charge in [0, 0.05) is 44.3 Å². The average molecular weight is 348 g/mol. The second-order valence-electron chi connectivity index (χ2n) is 6.81. The number of carboxylic acids is 1. The lowest BCUT2D eigenvalue weighted by Crippen LogP contribution is -2.61. The van der Waals surface area contributed by atoms with Gasteiger partial charge in [0.05, 0.1) is 0 Å². The quantitative estimate of drug-likeness (QED) is 0.761. The minimum Gasteiger partial charge on any atom is -0.480 e. The van der Waals surface area contributed by atoms with Crippen molar-refractivity contribution in [3.8, 4) is 0 Å². The normalized spacial score (nSPS) is 25.2. The molecule has 3 rings (SSSR count). The zero-order chi connectivity index (χ0) is 18.0. The number of carbonyl (C=O) groups is 2. The van der Waals surface area contributed by atoms with Crippen LogP contribution in [-0.4, -0.2) is 82.1 Å². The predicted molar refractivity (Wildman–Crippen MR) is 92.1 cm³/mol. The van der Waals surface area contributed by atoms with Crippen molar-refractivity contribution in [1.82, 2.24) is 19.8 Å². The van der Waals surface area contributed by atoms with E-state index in [1.54, 1.807) is 12.3 Å². The molecule has 0 radical (unpaired) electrons. The van der Waals surface area contributed by atoms with E-state index in [0.717, 1.165) is 19.5 Å². The number of piperazine rings is 1. The molecule has 2 aliphatic heterocycles. The van der Waals surface area contributed by atoms with E-state index >= 15 is 0 Å². The van der Waals surface area contributed by atoms with Crippen molar-refractivity contribution in [3.05, 3.63) is 12.3 Å². The summed E-state index contributed by atoms with van der Waals surface area (Å²) in [6.45, 7) is 2.52. The average Bonchev–Trinajstić information content (AvgIpc) is 2.72. The number of likely N-dealkylation sites (tertiary alicyclic amines) is 1. The minimum absolute atomic E-state index is 0.0926. The minimum atomic E-state index is -0.976. The van der Waals surface area contributed by atoms with Crippen LogP contribution in [0, 0.1) is 0 Å². The molecular formula is C16H24N6O3. The lowest BCUT2D eigenvalue weighted by molar-refractivity contribution is -0.144. The fraction of sp³-hybridized carbons (Fsp3) is 0.625. The highest BCUT2D eigenvalue weighted by molar-refractivity contribution is 5.81. The Bertz CT molecular complexity index is 669. The standard InChI is InChI=1S/C16H24N6O3/c1-20-8-9-22(15-18-6-3-12(17)19-15)11-16(20)4-2-13(23)21(7-5-16)10-14(24)25/h3,6H,2,4-5,7-11H2,1H3,(H,24,25)(H2,17,18,19)/t16-/m1/s1. The molecule has 0 aromatic carbocycles. The van der Waals surface area contributed by atoms with E-state index in [9.17, 15) is 9.59 Å². The molecule has 0 unspecified atom stereocenters. The van der Waals surface area contributed by atoms with Gasteiger partial charge in [0.2, 0.25) is 11.9 Å². The molecule has 1 aromatic heterocycles. The molecule has 9 nitrogen and oxygen atoms in total. The van der Waals surface area contributed by atoms with Gasteiger partial charge >= 0.3 is 5.97 Å². The van der Waals surface area contributed by atoms with Crippen LogP contribution in [0.5, 0.6) is 0 Å². The zero-order valence-electron chi connectivity index (χ0n) is 14.4. The number of nitrogens with zero attached hydrogens (tertiary/aromatic N) is 5. The van der Waals surface area contributed by atoms with Crippen LogP contribution in [0.2, 0.25) is 0 Å². The lowest BCUT2D eigenvalue weighted by atomic mass is 9.86. The Balaban J connectivity index is 1.79. The SMILES string of the molecule is CN1CCN(c2nccc(N)n2)C[C@]12CCC(=O)N(CC(=O)O)CC2. The maximum absolute atomic E-state index is 12.3. The Labute approximate surface area is 146 Å². The number of rotatable bonds is 3. The molecule has 2 saturated heterocycles. The molecular weight excluding hydrogens is 324 g/mol. The molecule has 3 N–H and O–H groups in total. The van der Waals surface area contributed by atoms with Gasteiger partial charge in [-0.1, -0.05) is 0 Å². The summed E-state index contributed by atoms with van der Waals surface area (Å²) >= 11 is 0. The highest BCUT2D eigenvalue weighted by Gasteiger charge is 2.43. The van der Waals surface area contributed by atoms with Gasteiger partial charge in [-0.3, -0.25) is 14.5 Å². The van der Waals surface area contributed by atoms with Crippen LogP contribution < -0.4 is 10.6 Å². The third kappa shape index (κ3) is 3.65. The van der Waals surface area contributed by atoms with Crippen LogP contribution in [0.3, 0.4) is 0 Å². The maximum atomic E-state index is 12.3. The first-order chi connectivity index (χ1) is 11.9. The molecule has 2 fully saturated rings. The highest BCUT2D eigenvalue weighted by Crippen LogP contribution is 2.33. The first kappa shape index (κ1) is 17.4. The van der Waals surface area contributed by atoms with Crippen LogP contribution in [0.1, 0.15) is 19.3 Å². The monoisotopic (exact) mass is 348 g/mol. The van der Waals surface area contributed by atoms with Gasteiger partial charge in [-0.15, -0.1) is 0 Å². The van der Waals surface area contributed by atoms with E-state index in [1.807, 2.05) is 0 Å². The number of carboxylic acid groups (broad SMARTS) is 1. The second-order valence-corrected chi connectivity index (χ2v) is 6.81. The summed E-state index contributed by atoms with van der Waals surface area (Å²) in [5.41, 5.74) is 5.58. The zero-order valence-corrected chi connectivity index (χ0v) is 14.4. The van der Waals surface area contributed by atoms with Crippen LogP contribution in [0.15, 0.2) is 12.3 Å². The van der Waals surface area contributed by atoms with Crippen LogP contribution in [0.4, 0.5) is 11.8 Å². The van der Waals surface area contributed by atoms with E-state index in [4.69, 9.17) is 10.8 Å². The number of carbonyl (C=O) groups excluding carboxylic acids is 1. The van der Waals surface area contributed by atoms with Crippen molar-refractivity contribution in [1.29, 1.82) is 0 Å². The topological polar surface area (TPSA) is 116 Å². The first-order valence-electron chi connectivity index (χ1n) is 8.44. The number of hydrogen-bond acceptors (Lipinski definition) is 7.